The zero-order chi connectivity index (χ0) is 9.23. The smallest absolute Gasteiger partial charge is 0.426 e. The molecule has 0 spiro atoms. The van der Waals surface area contributed by atoms with E-state index in [0.29, 0.717) is 0 Å². The quantitative estimate of drug-likeness (QED) is 0.561. The lowest BCUT2D eigenvalue weighted by Crippen LogP contribution is -2.49. The predicted molar refractivity (Wildman–Crippen MR) is 51.5 cm³/mol. The van der Waals surface area contributed by atoms with Crippen LogP contribution in [-0.2, 0) is 0 Å². The molecule has 0 saturated heterocycles. The molecule has 0 aromatic heterocycles. The fraction of sp³-hybridized carbons (Fsp3) is 1.00. The van der Waals surface area contributed by atoms with Crippen molar-refractivity contribution >= 4 is 23.0 Å². The Bertz CT molecular complexity index is 104. The van der Waals surface area contributed by atoms with E-state index in [-0.39, 0.29) is 11.8 Å². The van der Waals surface area contributed by atoms with Crippen LogP contribution in [0.15, 0.2) is 0 Å². The van der Waals surface area contributed by atoms with Gasteiger partial charge in [-0.3, -0.25) is 0 Å². The molecule has 0 saturated carbocycles. The molecule has 0 aliphatic heterocycles. The van der Waals surface area contributed by atoms with E-state index in [1.165, 1.54) is 0 Å². The van der Waals surface area contributed by atoms with Crippen LogP contribution >= 0.6 is 15.9 Å². The zero-order valence-corrected chi connectivity index (χ0v) is 9.09. The van der Waals surface area contributed by atoms with Gasteiger partial charge < -0.3 is 10.0 Å². The molecule has 0 rings (SSSR count). The van der Waals surface area contributed by atoms with Crippen molar-refractivity contribution in [1.82, 2.24) is 0 Å². The predicted octanol–water partition coefficient (Wildman–Crippen LogP) is 1.44. The van der Waals surface area contributed by atoms with Gasteiger partial charge in [0.05, 0.1) is 4.22 Å². The summed E-state index contributed by atoms with van der Waals surface area (Å²) >= 11 is 3.38. The monoisotopic (exact) mass is 222 g/mol. The Kier molecular flexibility index (Phi) is 4.09. The van der Waals surface area contributed by atoms with Gasteiger partial charge in [-0.2, -0.15) is 0 Å². The highest BCUT2D eigenvalue weighted by atomic mass is 79.9. The minimum absolute atomic E-state index is 0.197. The van der Waals surface area contributed by atoms with Gasteiger partial charge in [-0.25, -0.2) is 0 Å². The molecule has 2 nitrogen and oxygen atoms in total. The average molecular weight is 223 g/mol. The lowest BCUT2D eigenvalue weighted by molar-refractivity contribution is 0.313. The molecule has 0 aliphatic carbocycles. The number of halogens is 1. The molecule has 0 fully saturated rings. The molecule has 0 bridgehead atoms. The van der Waals surface area contributed by atoms with E-state index in [4.69, 9.17) is 10.0 Å². The third-order valence-corrected chi connectivity index (χ3v) is 4.41. The summed E-state index contributed by atoms with van der Waals surface area (Å²) in [6.45, 7) is 7.87. The van der Waals surface area contributed by atoms with Crippen LogP contribution in [0.1, 0.15) is 27.7 Å². The molecule has 4 heteroatoms. The topological polar surface area (TPSA) is 40.5 Å². The Labute approximate surface area is 77.3 Å². The Morgan fingerprint density at radius 3 is 1.36 bits per heavy atom. The highest BCUT2D eigenvalue weighted by Crippen LogP contribution is 2.36. The molecule has 0 amide bonds. The average Bonchev–Trinajstić information content (AvgIpc) is 1.84. The Morgan fingerprint density at radius 2 is 1.36 bits per heavy atom. The normalized spacial score (nSPS) is 12.8. The first kappa shape index (κ1) is 11.5. The largest absolute Gasteiger partial charge is 0.469 e. The van der Waals surface area contributed by atoms with Crippen molar-refractivity contribution in [3.8, 4) is 0 Å². The van der Waals surface area contributed by atoms with Crippen LogP contribution < -0.4 is 0 Å². The number of alkyl halides is 1. The van der Waals surface area contributed by atoms with Crippen LogP contribution in [0.3, 0.4) is 0 Å². The molecular formula is C7H16BBrO2. The second kappa shape index (κ2) is 3.92. The van der Waals surface area contributed by atoms with Gasteiger partial charge in [0, 0.05) is 0 Å². The van der Waals surface area contributed by atoms with Gasteiger partial charge in [-0.15, -0.1) is 0 Å². The SMILES string of the molecule is CC(C)C(Br)(B(O)O)C(C)C. The molecule has 0 atom stereocenters. The highest BCUT2D eigenvalue weighted by molar-refractivity contribution is 9.10. The van der Waals surface area contributed by atoms with Gasteiger partial charge in [0.1, 0.15) is 0 Å². The summed E-state index contributed by atoms with van der Waals surface area (Å²) < 4.78 is -0.576. The van der Waals surface area contributed by atoms with Crippen LogP contribution in [0, 0.1) is 11.8 Å². The minimum atomic E-state index is -1.30. The maximum absolute atomic E-state index is 9.12. The zero-order valence-electron chi connectivity index (χ0n) is 7.50. The van der Waals surface area contributed by atoms with Crippen LogP contribution in [0.2, 0.25) is 0 Å². The van der Waals surface area contributed by atoms with E-state index >= 15 is 0 Å². The van der Waals surface area contributed by atoms with Gasteiger partial charge >= 0.3 is 7.12 Å². The Morgan fingerprint density at radius 1 is 1.09 bits per heavy atom. The molecule has 11 heavy (non-hydrogen) atoms. The molecule has 2 N–H and O–H groups in total. The van der Waals surface area contributed by atoms with Crippen molar-refractivity contribution in [3.05, 3.63) is 0 Å². The summed E-state index contributed by atoms with van der Waals surface area (Å²) in [6.07, 6.45) is 0. The molecule has 0 heterocycles. The van der Waals surface area contributed by atoms with E-state index in [2.05, 4.69) is 15.9 Å². The fourth-order valence-corrected chi connectivity index (χ4v) is 1.26. The first-order valence-corrected chi connectivity index (χ1v) is 4.67. The maximum atomic E-state index is 9.12. The van der Waals surface area contributed by atoms with Gasteiger partial charge in [-0.05, 0) is 11.8 Å². The summed E-state index contributed by atoms with van der Waals surface area (Å²) in [4.78, 5) is 0. The minimum Gasteiger partial charge on any atom is -0.426 e. The van der Waals surface area contributed by atoms with Crippen molar-refractivity contribution in [3.63, 3.8) is 0 Å². The van der Waals surface area contributed by atoms with Crippen molar-refractivity contribution < 1.29 is 10.0 Å². The van der Waals surface area contributed by atoms with Crippen molar-refractivity contribution in [2.45, 2.75) is 31.9 Å². The van der Waals surface area contributed by atoms with E-state index in [1.807, 2.05) is 27.7 Å². The summed E-state index contributed by atoms with van der Waals surface area (Å²) in [6, 6.07) is 0. The van der Waals surface area contributed by atoms with Crippen molar-refractivity contribution in [1.29, 1.82) is 0 Å². The van der Waals surface area contributed by atoms with E-state index < -0.39 is 11.3 Å². The van der Waals surface area contributed by atoms with Crippen molar-refractivity contribution in [2.24, 2.45) is 11.8 Å². The standard InChI is InChI=1S/C7H16BBrO2/c1-5(2)7(9,6(3)4)8(10)11/h5-6,10-11H,1-4H3. The van der Waals surface area contributed by atoms with Crippen LogP contribution in [0.4, 0.5) is 0 Å². The van der Waals surface area contributed by atoms with Gasteiger partial charge in [0.2, 0.25) is 0 Å². The molecule has 0 radical (unpaired) electrons. The molecule has 66 valence electrons. The number of rotatable bonds is 3. The third kappa shape index (κ3) is 2.20. The van der Waals surface area contributed by atoms with Gasteiger partial charge in [0.15, 0.2) is 0 Å². The molecular weight excluding hydrogens is 207 g/mol. The highest BCUT2D eigenvalue weighted by Gasteiger charge is 2.45. The number of hydrogen-bond acceptors (Lipinski definition) is 2. The van der Waals surface area contributed by atoms with Crippen LogP contribution in [-0.4, -0.2) is 21.4 Å². The van der Waals surface area contributed by atoms with Gasteiger partial charge in [0.25, 0.3) is 0 Å². The second-order valence-electron chi connectivity index (χ2n) is 3.51. The van der Waals surface area contributed by atoms with Crippen LogP contribution in [0.25, 0.3) is 0 Å². The second-order valence-corrected chi connectivity index (χ2v) is 4.88. The molecule has 0 aliphatic rings. The Balaban J connectivity index is 4.53. The first-order chi connectivity index (χ1) is 4.83. The van der Waals surface area contributed by atoms with Gasteiger partial charge in [-0.1, -0.05) is 43.6 Å². The summed E-state index contributed by atoms with van der Waals surface area (Å²) in [5.41, 5.74) is 0. The fourth-order valence-electron chi connectivity index (χ4n) is 1.26. The summed E-state index contributed by atoms with van der Waals surface area (Å²) in [5, 5.41) is 18.2. The van der Waals surface area contributed by atoms with E-state index in [0.717, 1.165) is 0 Å². The molecule has 0 aromatic carbocycles. The third-order valence-electron chi connectivity index (χ3n) is 2.17. The maximum Gasteiger partial charge on any atom is 0.469 e. The van der Waals surface area contributed by atoms with E-state index in [9.17, 15) is 0 Å². The Hall–Kier alpha value is 0.465. The van der Waals surface area contributed by atoms with Crippen LogP contribution in [0.5, 0.6) is 0 Å². The molecule has 0 aromatic rings. The van der Waals surface area contributed by atoms with Crippen molar-refractivity contribution in [2.75, 3.05) is 0 Å². The molecule has 0 unspecified atom stereocenters. The summed E-state index contributed by atoms with van der Waals surface area (Å²) in [5.74, 6) is 0.394. The summed E-state index contributed by atoms with van der Waals surface area (Å²) in [7, 11) is -1.30. The lowest BCUT2D eigenvalue weighted by Gasteiger charge is -2.34. The van der Waals surface area contributed by atoms with E-state index in [1.54, 1.807) is 0 Å². The first-order valence-electron chi connectivity index (χ1n) is 3.88. The number of hydrogen-bond donors (Lipinski definition) is 2. The lowest BCUT2D eigenvalue weighted by atomic mass is 9.61.